The van der Waals surface area contributed by atoms with E-state index in [0.29, 0.717) is 95.8 Å². The van der Waals surface area contributed by atoms with Crippen molar-refractivity contribution in [3.05, 3.63) is 132 Å². The summed E-state index contributed by atoms with van der Waals surface area (Å²) in [5.74, 6) is -0.303. The highest BCUT2D eigenvalue weighted by atomic mass is 32.2. The number of nitrogens with one attached hydrogen (secondary N) is 2. The van der Waals surface area contributed by atoms with Crippen LogP contribution in [0.2, 0.25) is 0 Å². The van der Waals surface area contributed by atoms with E-state index in [1.54, 1.807) is 55.1 Å². The van der Waals surface area contributed by atoms with Crippen molar-refractivity contribution in [2.24, 2.45) is 5.92 Å². The molecule has 328 valence electrons. The van der Waals surface area contributed by atoms with Crippen LogP contribution in [0, 0.1) is 25.6 Å². The molecule has 5 heterocycles. The average molecular weight is 876 g/mol. The summed E-state index contributed by atoms with van der Waals surface area (Å²) < 4.78 is 54.7. The lowest BCUT2D eigenvalue weighted by atomic mass is 9.91. The number of H-pyrrole nitrogens is 1. The van der Waals surface area contributed by atoms with Crippen LogP contribution in [0.1, 0.15) is 108 Å². The number of carbonyl (C=O) groups is 1. The lowest BCUT2D eigenvalue weighted by Gasteiger charge is -2.35. The van der Waals surface area contributed by atoms with Crippen molar-refractivity contribution in [1.29, 1.82) is 0 Å². The number of amides is 1. The number of sulfone groups is 1. The molecule has 2 saturated carbocycles. The molecule has 3 aromatic heterocycles. The molecule has 1 saturated heterocycles. The van der Waals surface area contributed by atoms with E-state index in [2.05, 4.69) is 40.6 Å². The Balaban J connectivity index is 1.02. The van der Waals surface area contributed by atoms with Gasteiger partial charge in [0.25, 0.3) is 11.5 Å². The fraction of sp³-hybridized carbons (Fsp3) is 0.426. The van der Waals surface area contributed by atoms with Gasteiger partial charge in [-0.15, -0.1) is 0 Å². The first-order valence-corrected chi connectivity index (χ1v) is 23.4. The second kappa shape index (κ2) is 15.4. The zero-order chi connectivity index (χ0) is 43.9. The molecular formula is C47H50FN7O7S. The normalized spacial score (nSPS) is 21.4. The first-order chi connectivity index (χ1) is 30.3. The Labute approximate surface area is 363 Å². The molecule has 16 heteroatoms. The van der Waals surface area contributed by atoms with Crippen LogP contribution >= 0.6 is 0 Å². The van der Waals surface area contributed by atoms with Crippen LogP contribution in [0.25, 0.3) is 16.6 Å². The zero-order valence-corrected chi connectivity index (χ0v) is 36.6. The fourth-order valence-corrected chi connectivity index (χ4v) is 11.6. The number of nitrogens with zero attached hydrogens (tertiary/aromatic N) is 5. The maximum absolute atomic E-state index is 15.2. The first kappa shape index (κ1) is 41.2. The number of anilines is 1. The van der Waals surface area contributed by atoms with Crippen LogP contribution in [0.15, 0.2) is 79.7 Å². The summed E-state index contributed by atoms with van der Waals surface area (Å²) in [6.45, 7) is 9.23. The molecule has 3 fully saturated rings. The van der Waals surface area contributed by atoms with Crippen molar-refractivity contribution in [3.63, 3.8) is 0 Å². The molecule has 0 unspecified atom stereocenters. The number of ether oxygens (including phenoxy) is 1. The van der Waals surface area contributed by atoms with Gasteiger partial charge in [0.05, 0.1) is 27.6 Å². The Morgan fingerprint density at radius 2 is 1.70 bits per heavy atom. The quantitative estimate of drug-likeness (QED) is 0.144. The van der Waals surface area contributed by atoms with Crippen LogP contribution in [0.5, 0.6) is 0 Å². The van der Waals surface area contributed by atoms with E-state index >= 15 is 4.79 Å². The third-order valence-corrected chi connectivity index (χ3v) is 16.1. The molecule has 2 N–H and O–H groups in total. The van der Waals surface area contributed by atoms with Crippen molar-refractivity contribution < 1.29 is 26.9 Å². The largest absolute Gasteiger partial charge is 0.438 e. The summed E-state index contributed by atoms with van der Waals surface area (Å²) in [4.78, 5) is 52.2. The van der Waals surface area contributed by atoms with Crippen molar-refractivity contribution in [2.45, 2.75) is 100 Å². The van der Waals surface area contributed by atoms with E-state index in [1.807, 2.05) is 17.6 Å². The number of hydrogen-bond donors (Lipinski definition) is 2. The monoisotopic (exact) mass is 875 g/mol. The molecule has 0 bridgehead atoms. The van der Waals surface area contributed by atoms with Gasteiger partial charge in [-0.05, 0) is 142 Å². The highest BCUT2D eigenvalue weighted by Crippen LogP contribution is 2.56. The van der Waals surface area contributed by atoms with E-state index in [1.165, 1.54) is 10.1 Å². The van der Waals surface area contributed by atoms with E-state index in [-0.39, 0.29) is 47.4 Å². The Kier molecular flexibility index (Phi) is 10.1. The second-order valence-corrected chi connectivity index (χ2v) is 20.1. The Morgan fingerprint density at radius 1 is 0.984 bits per heavy atom. The predicted octanol–water partition coefficient (Wildman–Crippen LogP) is 6.65. The van der Waals surface area contributed by atoms with Crippen LogP contribution in [0.4, 0.5) is 10.3 Å². The van der Waals surface area contributed by atoms with Gasteiger partial charge in [0.2, 0.25) is 5.95 Å². The zero-order valence-electron chi connectivity index (χ0n) is 35.7. The highest BCUT2D eigenvalue weighted by Gasteiger charge is 2.59. The van der Waals surface area contributed by atoms with Crippen LogP contribution in [-0.2, 0) is 33.0 Å². The number of aromatic nitrogens is 5. The average Bonchev–Trinajstić information content (AvgIpc) is 4.17. The molecule has 6 aromatic rings. The SMILES string of the molecule is Cc1cc(-n2c(NCCc3ccc(S(=O)(=O)C4CC4)cc3)nc3c(c2=O)CCN(C(=O)c2cc4cc(C5CCOCC5)ccc4n2[C@@]2(c4noc(=O)[nH]4)C[C@H]2C)[C@H]3C)cc(C)c1F. The standard InChI is InChI=1S/C47H50FN7O7S/c1-26-21-34(22-27(2)40(26)48)54-42(56)37-14-18-53(29(4)41(37)50-45(54)49-17-13-30-5-8-35(9-6-30)63(59,60)36-10-11-36)43(57)39-24-33-23-32(31-15-19-61-20-16-31)7-12-38(33)55(39)47(25-28(47)3)44-51-46(58)62-52-44/h5-9,12,21-24,28-29,31,36H,10-11,13-20,25H2,1-4H3,(H,49,50)(H,51,52,58)/t28-,29+,47+/m1/s1. The minimum Gasteiger partial charge on any atom is -0.381 e. The van der Waals surface area contributed by atoms with Gasteiger partial charge in [-0.2, -0.15) is 0 Å². The minimum atomic E-state index is -3.32. The van der Waals surface area contributed by atoms with E-state index in [9.17, 15) is 22.4 Å². The molecular weight excluding hydrogens is 826 g/mol. The maximum Gasteiger partial charge on any atom is 0.438 e. The number of halogens is 1. The van der Waals surface area contributed by atoms with Gasteiger partial charge >= 0.3 is 5.76 Å². The molecule has 0 radical (unpaired) electrons. The van der Waals surface area contributed by atoms with Crippen LogP contribution < -0.4 is 16.6 Å². The van der Waals surface area contributed by atoms with Crippen LogP contribution in [0.3, 0.4) is 0 Å². The predicted molar refractivity (Wildman–Crippen MR) is 234 cm³/mol. The molecule has 2 aliphatic carbocycles. The fourth-order valence-electron chi connectivity index (χ4n) is 9.97. The summed E-state index contributed by atoms with van der Waals surface area (Å²) in [6, 6.07) is 17.8. The number of hydrogen-bond acceptors (Lipinski definition) is 10. The minimum absolute atomic E-state index is 0.0243. The Hall–Kier alpha value is -5.87. The molecule has 2 aliphatic heterocycles. The smallest absolute Gasteiger partial charge is 0.381 e. The topological polar surface area (TPSA) is 174 Å². The number of carbonyl (C=O) groups excluding carboxylic acids is 1. The summed E-state index contributed by atoms with van der Waals surface area (Å²) in [5.41, 5.74) is 4.39. The lowest BCUT2D eigenvalue weighted by Crippen LogP contribution is -2.44. The van der Waals surface area contributed by atoms with E-state index in [4.69, 9.17) is 14.2 Å². The van der Waals surface area contributed by atoms with Gasteiger partial charge in [-0.3, -0.25) is 19.1 Å². The lowest BCUT2D eigenvalue weighted by molar-refractivity contribution is 0.0658. The highest BCUT2D eigenvalue weighted by molar-refractivity contribution is 7.92. The van der Waals surface area contributed by atoms with Crippen molar-refractivity contribution in [2.75, 3.05) is 31.6 Å². The molecule has 3 aromatic carbocycles. The maximum atomic E-state index is 15.2. The van der Waals surface area contributed by atoms with Crippen molar-refractivity contribution >= 4 is 32.6 Å². The van der Waals surface area contributed by atoms with Crippen molar-refractivity contribution in [3.8, 4) is 5.69 Å². The number of rotatable bonds is 11. The Bertz CT molecular complexity index is 3010. The number of aryl methyl sites for hydroxylation is 2. The van der Waals surface area contributed by atoms with Gasteiger partial charge in [0.15, 0.2) is 15.7 Å². The molecule has 10 rings (SSSR count). The second-order valence-electron chi connectivity index (χ2n) is 17.9. The first-order valence-electron chi connectivity index (χ1n) is 21.9. The summed E-state index contributed by atoms with van der Waals surface area (Å²) in [6.07, 6.45) is 4.56. The van der Waals surface area contributed by atoms with Crippen molar-refractivity contribution in [1.82, 2.24) is 29.2 Å². The van der Waals surface area contributed by atoms with E-state index < -0.39 is 27.2 Å². The number of aromatic amines is 1. The van der Waals surface area contributed by atoms with Gasteiger partial charge in [0, 0.05) is 42.8 Å². The Morgan fingerprint density at radius 3 is 2.35 bits per heavy atom. The summed E-state index contributed by atoms with van der Waals surface area (Å²) >= 11 is 0. The molecule has 14 nitrogen and oxygen atoms in total. The molecule has 3 atom stereocenters. The summed E-state index contributed by atoms with van der Waals surface area (Å²) in [5, 5.41) is 8.11. The molecule has 4 aliphatic rings. The van der Waals surface area contributed by atoms with Crippen LogP contribution in [-0.4, -0.2) is 75.0 Å². The number of benzene rings is 3. The molecule has 0 spiro atoms. The third kappa shape index (κ3) is 7.01. The molecule has 1 amide bonds. The number of fused-ring (bicyclic) bond motifs is 2. The van der Waals surface area contributed by atoms with Gasteiger partial charge < -0.3 is 19.5 Å². The third-order valence-electron chi connectivity index (χ3n) is 13.8. The van der Waals surface area contributed by atoms with Gasteiger partial charge in [0.1, 0.15) is 17.1 Å². The van der Waals surface area contributed by atoms with Gasteiger partial charge in [-0.1, -0.05) is 30.3 Å². The van der Waals surface area contributed by atoms with Gasteiger partial charge in [-0.25, -0.2) is 27.2 Å². The molecule has 63 heavy (non-hydrogen) atoms. The van der Waals surface area contributed by atoms with E-state index in [0.717, 1.165) is 29.3 Å². The summed E-state index contributed by atoms with van der Waals surface area (Å²) in [7, 11) is -3.32.